The number of anilines is 1. The van der Waals surface area contributed by atoms with Crippen molar-refractivity contribution in [2.45, 2.75) is 25.7 Å². The van der Waals surface area contributed by atoms with E-state index in [1.165, 1.54) is 4.68 Å². The van der Waals surface area contributed by atoms with Gasteiger partial charge in [0.2, 0.25) is 0 Å². The van der Waals surface area contributed by atoms with E-state index in [1.54, 1.807) is 4.68 Å². The largest absolute Gasteiger partial charge is 0.382 e. The molecule has 1 aliphatic rings. The van der Waals surface area contributed by atoms with Gasteiger partial charge in [-0.2, -0.15) is 5.10 Å². The van der Waals surface area contributed by atoms with Crippen LogP contribution in [0, 0.1) is 6.92 Å². The van der Waals surface area contributed by atoms with Gasteiger partial charge in [-0.05, 0) is 19.8 Å². The Kier molecular flexibility index (Phi) is 1.95. The Labute approximate surface area is 99.2 Å². The average molecular weight is 232 g/mol. The van der Waals surface area contributed by atoms with Crippen LogP contribution in [-0.2, 0) is 7.05 Å². The van der Waals surface area contributed by atoms with E-state index in [4.69, 9.17) is 11.6 Å². The number of hydrogen-bond donors (Lipinski definition) is 2. The van der Waals surface area contributed by atoms with Crippen LogP contribution < -0.4 is 11.6 Å². The lowest BCUT2D eigenvalue weighted by molar-refractivity contribution is 0.756. The highest BCUT2D eigenvalue weighted by atomic mass is 15.4. The molecule has 6 heteroatoms. The van der Waals surface area contributed by atoms with Crippen molar-refractivity contribution < 1.29 is 0 Å². The van der Waals surface area contributed by atoms with Crippen LogP contribution in [0.4, 0.5) is 5.82 Å². The smallest absolute Gasteiger partial charge is 0.150 e. The van der Waals surface area contributed by atoms with E-state index in [0.717, 1.165) is 35.6 Å². The van der Waals surface area contributed by atoms with Crippen molar-refractivity contribution in [2.75, 3.05) is 11.6 Å². The van der Waals surface area contributed by atoms with Gasteiger partial charge in [0.05, 0.1) is 5.69 Å². The van der Waals surface area contributed by atoms with Crippen molar-refractivity contribution in [1.29, 1.82) is 0 Å². The quantitative estimate of drug-likeness (QED) is 0.748. The first kappa shape index (κ1) is 10.2. The molecule has 0 radical (unpaired) electrons. The first-order valence-electron chi connectivity index (χ1n) is 5.71. The summed E-state index contributed by atoms with van der Waals surface area (Å²) in [6.45, 7) is 1.95. The first-order valence-corrected chi connectivity index (χ1v) is 5.71. The molecule has 2 aromatic heterocycles. The Hall–Kier alpha value is -1.98. The molecule has 1 saturated carbocycles. The number of nitrogens with two attached hydrogens (primary N) is 2. The van der Waals surface area contributed by atoms with Crippen molar-refractivity contribution in [3.8, 4) is 11.3 Å². The van der Waals surface area contributed by atoms with Gasteiger partial charge in [-0.25, -0.2) is 9.66 Å². The molecule has 2 aromatic rings. The maximum Gasteiger partial charge on any atom is 0.150 e. The van der Waals surface area contributed by atoms with E-state index in [2.05, 4.69) is 10.1 Å². The lowest BCUT2D eigenvalue weighted by Crippen LogP contribution is -2.14. The summed E-state index contributed by atoms with van der Waals surface area (Å²) in [7, 11) is 1.88. The minimum absolute atomic E-state index is 0.480. The maximum atomic E-state index is 6.02. The summed E-state index contributed by atoms with van der Waals surface area (Å²) < 4.78 is 3.27. The molecule has 1 fully saturated rings. The molecular formula is C11H16N6. The summed E-state index contributed by atoms with van der Waals surface area (Å²) >= 11 is 0. The molecule has 0 unspecified atom stereocenters. The van der Waals surface area contributed by atoms with Crippen molar-refractivity contribution >= 4 is 5.82 Å². The van der Waals surface area contributed by atoms with Crippen molar-refractivity contribution in [1.82, 2.24) is 19.4 Å². The molecule has 2 heterocycles. The number of aromatic nitrogens is 4. The lowest BCUT2D eigenvalue weighted by Gasteiger charge is -1.99. The standard InChI is InChI=1S/C11H16N6/c1-6-8(5-16(2)15-6)9-10(12)17(13)11(14-9)7-3-4-7/h5,7H,3-4,12-13H2,1-2H3. The van der Waals surface area contributed by atoms with Crippen LogP contribution in [0.5, 0.6) is 0 Å². The van der Waals surface area contributed by atoms with Crippen molar-refractivity contribution in [3.05, 3.63) is 17.7 Å². The van der Waals surface area contributed by atoms with Crippen LogP contribution in [0.15, 0.2) is 6.20 Å². The van der Waals surface area contributed by atoms with Crippen LogP contribution >= 0.6 is 0 Å². The highest BCUT2D eigenvalue weighted by Crippen LogP contribution is 2.41. The zero-order valence-corrected chi connectivity index (χ0v) is 10.0. The Morgan fingerprint density at radius 1 is 1.41 bits per heavy atom. The van der Waals surface area contributed by atoms with Gasteiger partial charge in [-0.1, -0.05) is 0 Å². The summed E-state index contributed by atoms with van der Waals surface area (Å²) in [4.78, 5) is 4.58. The zero-order chi connectivity index (χ0) is 12.2. The summed E-state index contributed by atoms with van der Waals surface area (Å²) in [6, 6.07) is 0. The van der Waals surface area contributed by atoms with Gasteiger partial charge in [-0.3, -0.25) is 4.68 Å². The molecule has 0 atom stereocenters. The van der Waals surface area contributed by atoms with Gasteiger partial charge in [0, 0.05) is 24.7 Å². The molecule has 0 aliphatic heterocycles. The fourth-order valence-corrected chi connectivity index (χ4v) is 2.12. The maximum absolute atomic E-state index is 6.02. The molecule has 0 saturated heterocycles. The number of aryl methyl sites for hydroxylation is 2. The van der Waals surface area contributed by atoms with Crippen LogP contribution in [0.25, 0.3) is 11.3 Å². The molecule has 0 spiro atoms. The van der Waals surface area contributed by atoms with Gasteiger partial charge in [-0.15, -0.1) is 0 Å². The molecule has 1 aliphatic carbocycles. The minimum atomic E-state index is 0.480. The second kappa shape index (κ2) is 3.26. The van der Waals surface area contributed by atoms with Crippen LogP contribution in [0.1, 0.15) is 30.3 Å². The van der Waals surface area contributed by atoms with E-state index in [0.29, 0.717) is 11.7 Å². The summed E-state index contributed by atoms with van der Waals surface area (Å²) in [5.41, 5.74) is 8.64. The van der Waals surface area contributed by atoms with Gasteiger partial charge < -0.3 is 11.6 Å². The number of nitrogens with zero attached hydrogens (tertiary/aromatic N) is 4. The topological polar surface area (TPSA) is 87.7 Å². The van der Waals surface area contributed by atoms with Gasteiger partial charge in [0.25, 0.3) is 0 Å². The molecule has 0 bridgehead atoms. The van der Waals surface area contributed by atoms with E-state index >= 15 is 0 Å². The molecule has 0 amide bonds. The number of nitrogen functional groups attached to an aromatic ring is 2. The number of hydrogen-bond acceptors (Lipinski definition) is 4. The normalized spacial score (nSPS) is 15.4. The molecule has 3 rings (SSSR count). The van der Waals surface area contributed by atoms with E-state index in [1.807, 2.05) is 20.2 Å². The van der Waals surface area contributed by atoms with E-state index in [9.17, 15) is 0 Å². The van der Waals surface area contributed by atoms with E-state index < -0.39 is 0 Å². The monoisotopic (exact) mass is 232 g/mol. The molecule has 0 aromatic carbocycles. The van der Waals surface area contributed by atoms with Gasteiger partial charge >= 0.3 is 0 Å². The molecule has 4 N–H and O–H groups in total. The first-order chi connectivity index (χ1) is 8.08. The SMILES string of the molecule is Cc1nn(C)cc1-c1nc(C2CC2)n(N)c1N. The van der Waals surface area contributed by atoms with Crippen LogP contribution in [0.2, 0.25) is 0 Å². The second-order valence-electron chi connectivity index (χ2n) is 4.65. The average Bonchev–Trinajstić information content (AvgIpc) is 3.00. The summed E-state index contributed by atoms with van der Waals surface area (Å²) in [6.07, 6.45) is 4.23. The predicted molar refractivity (Wildman–Crippen MR) is 65.7 cm³/mol. The second-order valence-corrected chi connectivity index (χ2v) is 4.65. The van der Waals surface area contributed by atoms with E-state index in [-0.39, 0.29) is 0 Å². The predicted octanol–water partition coefficient (Wildman–Crippen LogP) is 0.765. The highest BCUT2D eigenvalue weighted by Gasteiger charge is 2.31. The Balaban J connectivity index is 2.14. The fraction of sp³-hybridized carbons (Fsp3) is 0.455. The van der Waals surface area contributed by atoms with Crippen molar-refractivity contribution in [3.63, 3.8) is 0 Å². The molecule has 17 heavy (non-hydrogen) atoms. The Morgan fingerprint density at radius 3 is 2.65 bits per heavy atom. The van der Waals surface area contributed by atoms with Crippen LogP contribution in [0.3, 0.4) is 0 Å². The third-order valence-electron chi connectivity index (χ3n) is 3.19. The summed E-state index contributed by atoms with van der Waals surface area (Å²) in [5, 5.41) is 4.30. The number of rotatable bonds is 2. The minimum Gasteiger partial charge on any atom is -0.382 e. The summed E-state index contributed by atoms with van der Waals surface area (Å²) in [5.74, 6) is 7.83. The zero-order valence-electron chi connectivity index (χ0n) is 10.0. The van der Waals surface area contributed by atoms with Gasteiger partial charge in [0.15, 0.2) is 5.82 Å². The van der Waals surface area contributed by atoms with Crippen molar-refractivity contribution in [2.24, 2.45) is 7.05 Å². The Morgan fingerprint density at radius 2 is 2.12 bits per heavy atom. The van der Waals surface area contributed by atoms with Gasteiger partial charge in [0.1, 0.15) is 11.5 Å². The molecule has 90 valence electrons. The molecule has 6 nitrogen and oxygen atoms in total. The number of imidazole rings is 1. The Bertz CT molecular complexity index is 575. The lowest BCUT2D eigenvalue weighted by atomic mass is 10.2. The van der Waals surface area contributed by atoms with Crippen LogP contribution in [-0.4, -0.2) is 19.4 Å². The fourth-order valence-electron chi connectivity index (χ4n) is 2.12. The highest BCUT2D eigenvalue weighted by molar-refractivity contribution is 5.72. The molecular weight excluding hydrogens is 216 g/mol. The third kappa shape index (κ3) is 1.48. The third-order valence-corrected chi connectivity index (χ3v) is 3.19.